The van der Waals surface area contributed by atoms with E-state index in [1.54, 1.807) is 4.90 Å². The Kier molecular flexibility index (Phi) is 6.25. The third-order valence-electron chi connectivity index (χ3n) is 6.06. The Morgan fingerprint density at radius 3 is 2.57 bits per heavy atom. The molecule has 3 amide bonds. The third kappa shape index (κ3) is 4.16. The number of amides is 3. The second-order valence-electron chi connectivity index (χ2n) is 7.83. The maximum atomic E-state index is 13.2. The van der Waals surface area contributed by atoms with Crippen molar-refractivity contribution in [1.82, 2.24) is 15.5 Å². The highest BCUT2D eigenvalue weighted by Crippen LogP contribution is 2.38. The van der Waals surface area contributed by atoms with E-state index in [4.69, 9.17) is 16.3 Å². The molecule has 2 aromatic carbocycles. The number of urea groups is 1. The van der Waals surface area contributed by atoms with Gasteiger partial charge in [-0.1, -0.05) is 60.1 Å². The molecule has 2 fully saturated rings. The van der Waals surface area contributed by atoms with Crippen LogP contribution in [-0.2, 0) is 14.9 Å². The van der Waals surface area contributed by atoms with E-state index in [0.29, 0.717) is 37.9 Å². The Hall–Kier alpha value is -2.57. The van der Waals surface area contributed by atoms with Crippen molar-refractivity contribution in [1.29, 1.82) is 0 Å². The summed E-state index contributed by atoms with van der Waals surface area (Å²) in [6.07, 6.45) is 1.55. The summed E-state index contributed by atoms with van der Waals surface area (Å²) in [5.74, 6) is -0.158. The maximum absolute atomic E-state index is 13.2. The van der Waals surface area contributed by atoms with Crippen molar-refractivity contribution in [3.8, 4) is 0 Å². The van der Waals surface area contributed by atoms with Crippen LogP contribution in [0.25, 0.3) is 0 Å². The van der Waals surface area contributed by atoms with E-state index >= 15 is 0 Å². The Morgan fingerprint density at radius 1 is 1.13 bits per heavy atom. The molecule has 2 N–H and O–H groups in total. The van der Waals surface area contributed by atoms with Crippen molar-refractivity contribution in [2.45, 2.75) is 24.3 Å². The SMILES string of the molecule is O=C1NCCN(C(=O)NCC2(c3ccccc3Cl)CCOCC2)C1c1ccccc1. The number of nitrogens with zero attached hydrogens (tertiary/aromatic N) is 1. The fourth-order valence-electron chi connectivity index (χ4n) is 4.39. The molecule has 0 aliphatic carbocycles. The van der Waals surface area contributed by atoms with Crippen molar-refractivity contribution in [3.05, 3.63) is 70.7 Å². The average molecular weight is 428 g/mol. The zero-order chi connectivity index (χ0) is 21.0. The number of ether oxygens (including phenoxy) is 1. The predicted octanol–water partition coefficient (Wildman–Crippen LogP) is 3.27. The number of carbonyl (C=O) groups excluding carboxylic acids is 2. The minimum Gasteiger partial charge on any atom is -0.381 e. The lowest BCUT2D eigenvalue weighted by Gasteiger charge is -2.40. The Bertz CT molecular complexity index is 900. The largest absolute Gasteiger partial charge is 0.381 e. The Labute approximate surface area is 181 Å². The number of hydrogen-bond donors (Lipinski definition) is 2. The zero-order valence-corrected chi connectivity index (χ0v) is 17.5. The van der Waals surface area contributed by atoms with Crippen LogP contribution in [0, 0.1) is 0 Å². The normalized spacial score (nSPS) is 21.0. The summed E-state index contributed by atoms with van der Waals surface area (Å²) in [6.45, 7) is 2.59. The average Bonchev–Trinajstić information content (AvgIpc) is 2.79. The number of halogens is 1. The summed E-state index contributed by atoms with van der Waals surface area (Å²) in [4.78, 5) is 27.4. The topological polar surface area (TPSA) is 70.7 Å². The number of benzene rings is 2. The number of nitrogens with one attached hydrogen (secondary N) is 2. The molecule has 7 heteroatoms. The van der Waals surface area contributed by atoms with Gasteiger partial charge in [-0.05, 0) is 30.0 Å². The molecule has 2 aliphatic heterocycles. The minimum absolute atomic E-state index is 0.158. The van der Waals surface area contributed by atoms with Gasteiger partial charge in [0, 0.05) is 43.3 Å². The van der Waals surface area contributed by atoms with E-state index in [1.807, 2.05) is 54.6 Å². The van der Waals surface area contributed by atoms with Crippen LogP contribution in [0.1, 0.15) is 30.0 Å². The van der Waals surface area contributed by atoms with Gasteiger partial charge in [0.25, 0.3) is 0 Å². The highest BCUT2D eigenvalue weighted by Gasteiger charge is 2.39. The van der Waals surface area contributed by atoms with E-state index < -0.39 is 6.04 Å². The van der Waals surface area contributed by atoms with Gasteiger partial charge in [-0.3, -0.25) is 4.79 Å². The Balaban J connectivity index is 1.54. The second-order valence-corrected chi connectivity index (χ2v) is 8.24. The van der Waals surface area contributed by atoms with Crippen LogP contribution in [-0.4, -0.2) is 49.7 Å². The first-order chi connectivity index (χ1) is 14.6. The molecule has 30 heavy (non-hydrogen) atoms. The second kappa shape index (κ2) is 9.06. The smallest absolute Gasteiger partial charge is 0.318 e. The molecule has 1 unspecified atom stereocenters. The van der Waals surface area contributed by atoms with E-state index in [1.165, 1.54) is 0 Å². The van der Waals surface area contributed by atoms with Gasteiger partial charge in [0.15, 0.2) is 0 Å². The van der Waals surface area contributed by atoms with Crippen LogP contribution < -0.4 is 10.6 Å². The van der Waals surface area contributed by atoms with Crippen LogP contribution in [0.2, 0.25) is 5.02 Å². The van der Waals surface area contributed by atoms with Gasteiger partial charge in [-0.25, -0.2) is 4.79 Å². The first kappa shape index (κ1) is 20.7. The molecule has 0 bridgehead atoms. The summed E-state index contributed by atoms with van der Waals surface area (Å²) in [5.41, 5.74) is 1.55. The predicted molar refractivity (Wildman–Crippen MR) is 115 cm³/mol. The van der Waals surface area contributed by atoms with E-state index in [-0.39, 0.29) is 17.4 Å². The maximum Gasteiger partial charge on any atom is 0.318 e. The fourth-order valence-corrected chi connectivity index (χ4v) is 4.73. The highest BCUT2D eigenvalue weighted by atomic mass is 35.5. The first-order valence-corrected chi connectivity index (χ1v) is 10.7. The van der Waals surface area contributed by atoms with Crippen molar-refractivity contribution >= 4 is 23.5 Å². The van der Waals surface area contributed by atoms with Gasteiger partial charge in [-0.15, -0.1) is 0 Å². The standard InChI is InChI=1S/C23H26ClN3O3/c24-19-9-5-4-8-18(19)23(10-14-30-15-11-23)16-26-22(29)27-13-12-25-21(28)20(27)17-6-2-1-3-7-17/h1-9,20H,10-16H2,(H,25,28)(H,26,29). The molecule has 1 atom stereocenters. The van der Waals surface area contributed by atoms with Gasteiger partial charge >= 0.3 is 6.03 Å². The molecule has 0 saturated carbocycles. The lowest BCUT2D eigenvalue weighted by molar-refractivity contribution is -0.127. The lowest BCUT2D eigenvalue weighted by Crippen LogP contribution is -2.56. The fraction of sp³-hybridized carbons (Fsp3) is 0.391. The van der Waals surface area contributed by atoms with Crippen molar-refractivity contribution in [3.63, 3.8) is 0 Å². The Morgan fingerprint density at radius 2 is 1.83 bits per heavy atom. The van der Waals surface area contributed by atoms with Crippen LogP contribution in [0.3, 0.4) is 0 Å². The van der Waals surface area contributed by atoms with E-state index in [2.05, 4.69) is 10.6 Å². The van der Waals surface area contributed by atoms with Gasteiger partial charge in [0.2, 0.25) is 5.91 Å². The third-order valence-corrected chi connectivity index (χ3v) is 6.39. The molecule has 0 spiro atoms. The zero-order valence-electron chi connectivity index (χ0n) is 16.8. The summed E-state index contributed by atoms with van der Waals surface area (Å²) < 4.78 is 5.58. The number of rotatable bonds is 4. The summed E-state index contributed by atoms with van der Waals surface area (Å²) in [7, 11) is 0. The monoisotopic (exact) mass is 427 g/mol. The lowest BCUT2D eigenvalue weighted by atomic mass is 9.74. The molecule has 2 aliphatic rings. The molecule has 2 saturated heterocycles. The highest BCUT2D eigenvalue weighted by molar-refractivity contribution is 6.31. The molecule has 2 aromatic rings. The molecule has 0 radical (unpaired) electrons. The van der Waals surface area contributed by atoms with Crippen LogP contribution in [0.5, 0.6) is 0 Å². The first-order valence-electron chi connectivity index (χ1n) is 10.3. The van der Waals surface area contributed by atoms with Crippen LogP contribution in [0.4, 0.5) is 4.79 Å². The number of carbonyl (C=O) groups is 2. The van der Waals surface area contributed by atoms with E-state index in [9.17, 15) is 9.59 Å². The van der Waals surface area contributed by atoms with Crippen LogP contribution >= 0.6 is 11.6 Å². The molecule has 2 heterocycles. The summed E-state index contributed by atoms with van der Waals surface area (Å²) >= 11 is 6.52. The molecular formula is C23H26ClN3O3. The molecular weight excluding hydrogens is 402 g/mol. The van der Waals surface area contributed by atoms with Gasteiger partial charge < -0.3 is 20.3 Å². The molecule has 6 nitrogen and oxygen atoms in total. The number of piperazine rings is 1. The van der Waals surface area contributed by atoms with E-state index in [0.717, 1.165) is 24.0 Å². The van der Waals surface area contributed by atoms with Crippen molar-refractivity contribution < 1.29 is 14.3 Å². The number of hydrogen-bond acceptors (Lipinski definition) is 3. The van der Waals surface area contributed by atoms with Gasteiger partial charge in [0.1, 0.15) is 6.04 Å². The summed E-state index contributed by atoms with van der Waals surface area (Å²) in [5, 5.41) is 6.67. The summed E-state index contributed by atoms with van der Waals surface area (Å²) in [6, 6.07) is 16.3. The van der Waals surface area contributed by atoms with Crippen molar-refractivity contribution in [2.24, 2.45) is 0 Å². The molecule has 4 rings (SSSR count). The molecule has 158 valence electrons. The van der Waals surface area contributed by atoms with Crippen molar-refractivity contribution in [2.75, 3.05) is 32.8 Å². The minimum atomic E-state index is -0.633. The van der Waals surface area contributed by atoms with Gasteiger partial charge in [-0.2, -0.15) is 0 Å². The van der Waals surface area contributed by atoms with Crippen LogP contribution in [0.15, 0.2) is 54.6 Å². The molecule has 0 aromatic heterocycles. The van der Waals surface area contributed by atoms with Gasteiger partial charge in [0.05, 0.1) is 0 Å². The quantitative estimate of drug-likeness (QED) is 0.786.